The van der Waals surface area contributed by atoms with E-state index in [1.807, 2.05) is 7.05 Å². The van der Waals surface area contributed by atoms with Crippen molar-refractivity contribution in [3.63, 3.8) is 0 Å². The van der Waals surface area contributed by atoms with E-state index in [0.29, 0.717) is 35.4 Å². The number of anilines is 1. The van der Waals surface area contributed by atoms with Gasteiger partial charge < -0.3 is 20.3 Å². The first kappa shape index (κ1) is 18.3. The fraction of sp³-hybridized carbons (Fsp3) is 0.350. The summed E-state index contributed by atoms with van der Waals surface area (Å²) >= 11 is 0. The molecule has 1 aliphatic heterocycles. The van der Waals surface area contributed by atoms with Gasteiger partial charge in [-0.3, -0.25) is 0 Å². The molecule has 3 aromatic rings. The molecule has 1 aromatic carbocycles. The molecule has 3 N–H and O–H groups in total. The van der Waals surface area contributed by atoms with Crippen LogP contribution in [0.4, 0.5) is 10.2 Å². The van der Waals surface area contributed by atoms with E-state index in [9.17, 15) is 9.50 Å². The molecule has 0 unspecified atom stereocenters. The molecule has 0 amide bonds. The van der Waals surface area contributed by atoms with Crippen LogP contribution in [0.3, 0.4) is 0 Å². The molecule has 0 bridgehead atoms. The highest BCUT2D eigenvalue weighted by molar-refractivity contribution is 5.85. The molecule has 1 fully saturated rings. The molecule has 1 saturated heterocycles. The lowest BCUT2D eigenvalue weighted by Gasteiger charge is -2.32. The number of aromatic nitrogens is 4. The third-order valence-electron chi connectivity index (χ3n) is 5.08. The summed E-state index contributed by atoms with van der Waals surface area (Å²) in [5.41, 5.74) is 6.22. The molecule has 0 radical (unpaired) electrons. The second-order valence-electron chi connectivity index (χ2n) is 7.16. The molecule has 0 spiro atoms. The van der Waals surface area contributed by atoms with Gasteiger partial charge in [-0.1, -0.05) is 18.1 Å². The summed E-state index contributed by atoms with van der Waals surface area (Å²) in [6, 6.07) is 6.39. The first-order valence-corrected chi connectivity index (χ1v) is 9.05. The molecular formula is C20H21FN6O. The Bertz CT molecular complexity index is 1110. The topological polar surface area (TPSA) is 93.1 Å². The van der Waals surface area contributed by atoms with E-state index in [2.05, 4.69) is 31.7 Å². The van der Waals surface area contributed by atoms with Crippen LogP contribution in [0.15, 0.2) is 24.3 Å². The van der Waals surface area contributed by atoms with Crippen molar-refractivity contribution >= 4 is 17.0 Å². The Labute approximate surface area is 162 Å². The number of likely N-dealkylation sites (tertiary alicyclic amines) is 1. The van der Waals surface area contributed by atoms with Crippen molar-refractivity contribution in [1.29, 1.82) is 0 Å². The third-order valence-corrected chi connectivity index (χ3v) is 5.08. The Balaban J connectivity index is 1.75. The smallest absolute Gasteiger partial charge is 0.209 e. The molecular weight excluding hydrogens is 359 g/mol. The van der Waals surface area contributed by atoms with Crippen molar-refractivity contribution in [1.82, 2.24) is 24.4 Å². The zero-order valence-corrected chi connectivity index (χ0v) is 15.8. The Morgan fingerprint density at radius 2 is 1.86 bits per heavy atom. The van der Waals surface area contributed by atoms with Crippen LogP contribution in [0.25, 0.3) is 22.6 Å². The van der Waals surface area contributed by atoms with Gasteiger partial charge in [0.05, 0.1) is 5.56 Å². The van der Waals surface area contributed by atoms with Crippen LogP contribution in [-0.2, 0) is 7.05 Å². The lowest BCUT2D eigenvalue weighted by atomic mass is 9.92. The average molecular weight is 380 g/mol. The summed E-state index contributed by atoms with van der Waals surface area (Å²) in [7, 11) is 3.76. The van der Waals surface area contributed by atoms with Gasteiger partial charge in [-0.05, 0) is 25.1 Å². The number of fused-ring (bicyclic) bond motifs is 1. The standard InChI is InChI=1S/C20H21FN6O/c1-26-11-9-20(28,10-12-26)8-7-15-23-17(22)16-19(24-15)27(2)18(25-16)13-5-3-4-6-14(13)21/h3-6,28H,9-12H2,1-2H3,(H2,22,23,24). The van der Waals surface area contributed by atoms with E-state index in [-0.39, 0.29) is 17.5 Å². The Morgan fingerprint density at radius 1 is 1.14 bits per heavy atom. The number of piperidine rings is 1. The molecule has 8 heteroatoms. The monoisotopic (exact) mass is 380 g/mol. The van der Waals surface area contributed by atoms with Gasteiger partial charge in [-0.25, -0.2) is 19.3 Å². The quantitative estimate of drug-likeness (QED) is 0.623. The van der Waals surface area contributed by atoms with E-state index in [1.54, 1.807) is 29.8 Å². The molecule has 1 aliphatic rings. The second-order valence-corrected chi connectivity index (χ2v) is 7.16. The van der Waals surface area contributed by atoms with Gasteiger partial charge in [-0.15, -0.1) is 0 Å². The summed E-state index contributed by atoms with van der Waals surface area (Å²) in [5.74, 6) is 6.17. The molecule has 3 heterocycles. The number of halogens is 1. The van der Waals surface area contributed by atoms with Crippen molar-refractivity contribution in [3.8, 4) is 23.2 Å². The normalized spacial score (nSPS) is 16.7. The summed E-state index contributed by atoms with van der Waals surface area (Å²) < 4.78 is 15.9. The van der Waals surface area contributed by atoms with Crippen LogP contribution in [-0.4, -0.2) is 55.3 Å². The summed E-state index contributed by atoms with van der Waals surface area (Å²) in [4.78, 5) is 15.2. The number of hydrogen-bond acceptors (Lipinski definition) is 6. The fourth-order valence-corrected chi connectivity index (χ4v) is 3.31. The number of nitrogens with two attached hydrogens (primary N) is 1. The maximum atomic E-state index is 14.2. The highest BCUT2D eigenvalue weighted by atomic mass is 19.1. The zero-order chi connectivity index (χ0) is 19.9. The van der Waals surface area contributed by atoms with Crippen molar-refractivity contribution in [3.05, 3.63) is 35.9 Å². The van der Waals surface area contributed by atoms with E-state index in [4.69, 9.17) is 5.73 Å². The predicted octanol–water partition coefficient (Wildman–Crippen LogP) is 1.56. The number of aliphatic hydroxyl groups is 1. The molecule has 2 aromatic heterocycles. The Morgan fingerprint density at radius 3 is 2.57 bits per heavy atom. The number of imidazole rings is 1. The molecule has 7 nitrogen and oxygen atoms in total. The van der Waals surface area contributed by atoms with Crippen LogP contribution in [0.1, 0.15) is 18.7 Å². The minimum absolute atomic E-state index is 0.169. The maximum absolute atomic E-state index is 14.2. The molecule has 0 saturated carbocycles. The summed E-state index contributed by atoms with van der Waals surface area (Å²) in [5, 5.41) is 10.6. The van der Waals surface area contributed by atoms with Crippen molar-refractivity contribution < 1.29 is 9.50 Å². The number of nitrogen functional groups attached to an aromatic ring is 1. The van der Waals surface area contributed by atoms with Gasteiger partial charge in [0.2, 0.25) is 5.82 Å². The number of aryl methyl sites for hydroxylation is 1. The van der Waals surface area contributed by atoms with Crippen LogP contribution in [0, 0.1) is 17.7 Å². The van der Waals surface area contributed by atoms with E-state index >= 15 is 0 Å². The third kappa shape index (κ3) is 3.30. The van der Waals surface area contributed by atoms with E-state index in [1.165, 1.54) is 6.07 Å². The second kappa shape index (κ2) is 6.86. The van der Waals surface area contributed by atoms with Crippen LogP contribution in [0.5, 0.6) is 0 Å². The highest BCUT2D eigenvalue weighted by Gasteiger charge is 2.29. The number of benzene rings is 1. The molecule has 4 rings (SSSR count). The van der Waals surface area contributed by atoms with Gasteiger partial charge in [0.1, 0.15) is 17.2 Å². The first-order chi connectivity index (χ1) is 13.4. The highest BCUT2D eigenvalue weighted by Crippen LogP contribution is 2.27. The van der Waals surface area contributed by atoms with E-state index < -0.39 is 5.60 Å². The molecule has 144 valence electrons. The van der Waals surface area contributed by atoms with Gasteiger partial charge >= 0.3 is 0 Å². The lowest BCUT2D eigenvalue weighted by Crippen LogP contribution is -2.41. The van der Waals surface area contributed by atoms with E-state index in [0.717, 1.165) is 13.1 Å². The number of nitrogens with zero attached hydrogens (tertiary/aromatic N) is 5. The van der Waals surface area contributed by atoms with Crippen molar-refractivity contribution in [2.75, 3.05) is 25.9 Å². The van der Waals surface area contributed by atoms with Gasteiger partial charge in [0, 0.05) is 33.0 Å². The summed E-state index contributed by atoms with van der Waals surface area (Å²) in [6.07, 6.45) is 1.13. The maximum Gasteiger partial charge on any atom is 0.209 e. The summed E-state index contributed by atoms with van der Waals surface area (Å²) in [6.45, 7) is 1.56. The molecule has 0 aliphatic carbocycles. The molecule has 0 atom stereocenters. The average Bonchev–Trinajstić information content (AvgIpc) is 3.01. The predicted molar refractivity (Wildman–Crippen MR) is 105 cm³/mol. The van der Waals surface area contributed by atoms with Gasteiger partial charge in [-0.2, -0.15) is 0 Å². The van der Waals surface area contributed by atoms with Crippen molar-refractivity contribution in [2.24, 2.45) is 7.05 Å². The SMILES string of the molecule is CN1CCC(O)(C#Cc2nc(N)c3nc(-c4ccccc4F)n(C)c3n2)CC1. The van der Waals surface area contributed by atoms with Crippen molar-refractivity contribution in [2.45, 2.75) is 18.4 Å². The first-order valence-electron chi connectivity index (χ1n) is 9.05. The minimum atomic E-state index is -1.05. The molecule has 28 heavy (non-hydrogen) atoms. The minimum Gasteiger partial charge on any atom is -0.382 e. The van der Waals surface area contributed by atoms with Gasteiger partial charge in [0.15, 0.2) is 17.0 Å². The van der Waals surface area contributed by atoms with Crippen LogP contribution in [0.2, 0.25) is 0 Å². The number of hydrogen-bond donors (Lipinski definition) is 2. The Kier molecular flexibility index (Phi) is 4.49. The van der Waals surface area contributed by atoms with Crippen LogP contribution < -0.4 is 5.73 Å². The van der Waals surface area contributed by atoms with Crippen LogP contribution >= 0.6 is 0 Å². The Hall–Kier alpha value is -3.02. The largest absolute Gasteiger partial charge is 0.382 e. The fourth-order valence-electron chi connectivity index (χ4n) is 3.31. The zero-order valence-electron chi connectivity index (χ0n) is 15.8. The number of rotatable bonds is 1. The van der Waals surface area contributed by atoms with Gasteiger partial charge in [0.25, 0.3) is 0 Å². The lowest BCUT2D eigenvalue weighted by molar-refractivity contribution is 0.0350.